The maximum Gasteiger partial charge on any atom is -0.147 e. The number of rotatable bonds is 0. The molecule has 0 bridgehead atoms. The maximum absolute atomic E-state index is 2.35. The summed E-state index contributed by atoms with van der Waals surface area (Å²) in [6.07, 6.45) is 0. The van der Waals surface area contributed by atoms with Crippen LogP contribution >= 0.6 is 24.8 Å². The van der Waals surface area contributed by atoms with E-state index in [0.717, 1.165) is 0 Å². The van der Waals surface area contributed by atoms with E-state index in [4.69, 9.17) is 0 Å². The first-order valence-corrected chi connectivity index (χ1v) is 6.23. The van der Waals surface area contributed by atoms with Crippen LogP contribution in [-0.2, 0) is 24.7 Å². The molecule has 0 unspecified atom stereocenters. The molecule has 0 aromatic carbocycles. The van der Waals surface area contributed by atoms with Crippen LogP contribution in [0.1, 0.15) is 27.7 Å². The zero-order valence-corrected chi connectivity index (χ0v) is 14.9. The largest absolute Gasteiger partial charge is 0.147 e. The Bertz CT molecular complexity index is 241. The van der Waals surface area contributed by atoms with E-state index in [1.54, 1.807) is 44.3 Å². The van der Waals surface area contributed by atoms with Gasteiger partial charge in [0.25, 0.3) is 0 Å². The normalized spacial score (nSPS) is 19.9. The van der Waals surface area contributed by atoms with Crippen LogP contribution in [0.2, 0.25) is 0 Å². The van der Waals surface area contributed by atoms with E-state index in [0.29, 0.717) is 5.41 Å². The fraction of sp³-hybridized carbons (Fsp3) is 0.556. The van der Waals surface area contributed by atoms with Crippen molar-refractivity contribution in [3.63, 3.8) is 0 Å². The minimum atomic E-state index is 0. The van der Waals surface area contributed by atoms with Crippen molar-refractivity contribution in [3.05, 3.63) is 19.6 Å². The molecule has 0 N–H and O–H groups in total. The van der Waals surface area contributed by atoms with Gasteiger partial charge in [-0.05, 0) is 0 Å². The molecule has 0 heterocycles. The third-order valence-corrected chi connectivity index (χ3v) is 7.02. The van der Waals surface area contributed by atoms with Gasteiger partial charge >= 0.3 is 87.7 Å². The van der Waals surface area contributed by atoms with Crippen LogP contribution in [0, 0.1) is 5.41 Å². The van der Waals surface area contributed by atoms with Crippen molar-refractivity contribution in [2.75, 3.05) is 0 Å². The zero-order chi connectivity index (χ0) is 8.81. The molecular weight excluding hydrogens is 298 g/mol. The van der Waals surface area contributed by atoms with Gasteiger partial charge in [-0.1, -0.05) is 0 Å². The third-order valence-electron chi connectivity index (χ3n) is 3.06. The Balaban J connectivity index is 0. The Morgan fingerprint density at radius 3 is 1.62 bits per heavy atom. The second kappa shape index (κ2) is 5.30. The molecule has 0 nitrogen and oxygen atoms in total. The second-order valence-corrected chi connectivity index (χ2v) is 6.10. The molecule has 0 atom stereocenters. The fourth-order valence-electron chi connectivity index (χ4n) is 1.59. The Hall–Kier alpha value is 1.16. The zero-order valence-electron chi connectivity index (χ0n) is 8.82. The summed E-state index contributed by atoms with van der Waals surface area (Å²) < 4.78 is 1.66. The van der Waals surface area contributed by atoms with Gasteiger partial charge in [0.15, 0.2) is 0 Å². The Morgan fingerprint density at radius 2 is 1.54 bits per heavy atom. The van der Waals surface area contributed by atoms with Gasteiger partial charge in [-0.2, -0.15) is 0 Å². The van der Waals surface area contributed by atoms with Crippen molar-refractivity contribution < 1.29 is 24.7 Å². The summed E-state index contributed by atoms with van der Waals surface area (Å²) in [4.78, 5) is 0. The molecule has 0 aromatic heterocycles. The van der Waals surface area contributed by atoms with Crippen LogP contribution in [0.4, 0.5) is 0 Å². The molecule has 0 saturated carbocycles. The van der Waals surface area contributed by atoms with Gasteiger partial charge in [0.1, 0.15) is 0 Å². The molecule has 0 aromatic rings. The monoisotopic (exact) mass is 313 g/mol. The summed E-state index contributed by atoms with van der Waals surface area (Å²) in [7, 11) is 1.22. The summed E-state index contributed by atoms with van der Waals surface area (Å²) >= 11 is 1.60. The first-order valence-electron chi connectivity index (χ1n) is 4.00. The van der Waals surface area contributed by atoms with Crippen molar-refractivity contribution in [1.29, 1.82) is 0 Å². The minimum absolute atomic E-state index is 0. The quantitative estimate of drug-likeness (QED) is 0.602. The number of hydrogen-bond acceptors (Lipinski definition) is 0. The Labute approximate surface area is 112 Å². The predicted molar refractivity (Wildman–Crippen MR) is 63.6 cm³/mol. The van der Waals surface area contributed by atoms with Crippen LogP contribution in [0.3, 0.4) is 0 Å². The summed E-state index contributed by atoms with van der Waals surface area (Å²) in [5, 5.41) is 1.65. The van der Waals surface area contributed by atoms with Crippen molar-refractivity contribution >= 4 is 35.1 Å². The van der Waals surface area contributed by atoms with E-state index >= 15 is 0 Å². The van der Waals surface area contributed by atoms with E-state index in [1.165, 1.54) is 10.2 Å². The first-order chi connectivity index (χ1) is 4.89. The molecule has 0 saturated heterocycles. The fourth-order valence-corrected chi connectivity index (χ4v) is 4.01. The van der Waals surface area contributed by atoms with Crippen LogP contribution in [0.15, 0.2) is 19.6 Å². The third kappa shape index (κ3) is 2.59. The molecule has 0 radical (unpaired) electrons. The van der Waals surface area contributed by atoms with Gasteiger partial charge in [-0.15, -0.1) is 24.8 Å². The van der Waals surface area contributed by atoms with Crippen molar-refractivity contribution in [2.24, 2.45) is 5.41 Å². The maximum atomic E-state index is 2.35. The second-order valence-electron chi connectivity index (χ2n) is 3.88. The SMILES string of the molecule is CC1=[C]([Zr])C(C)(C)C(C)=C1[SiH3].Cl.Cl. The molecule has 4 heteroatoms. The minimum Gasteiger partial charge on any atom is -0.147 e. The molecule has 0 fully saturated rings. The van der Waals surface area contributed by atoms with Gasteiger partial charge < -0.3 is 0 Å². The summed E-state index contributed by atoms with van der Waals surface area (Å²) in [5.74, 6) is 0. The molecule has 1 rings (SSSR count). The first kappa shape index (κ1) is 16.6. The standard InChI is InChI=1S/C9H15Si.2ClH.Zr/c1-6-5-9(3,4)7(2)8(6)10;;;/h1-4,10H3;2*1H;. The van der Waals surface area contributed by atoms with E-state index in [2.05, 4.69) is 27.7 Å². The van der Waals surface area contributed by atoms with Crippen molar-refractivity contribution in [3.8, 4) is 0 Å². The summed E-state index contributed by atoms with van der Waals surface area (Å²) in [6, 6.07) is 0. The van der Waals surface area contributed by atoms with E-state index in [-0.39, 0.29) is 24.8 Å². The topological polar surface area (TPSA) is 0 Å². The molecule has 0 spiro atoms. The summed E-state index contributed by atoms with van der Waals surface area (Å²) in [6.45, 7) is 9.27. The number of halogens is 2. The average Bonchev–Trinajstić information content (AvgIpc) is 2.06. The predicted octanol–water partition coefficient (Wildman–Crippen LogP) is 2.33. The number of hydrogen-bond donors (Lipinski definition) is 0. The molecule has 13 heavy (non-hydrogen) atoms. The van der Waals surface area contributed by atoms with Crippen molar-refractivity contribution in [2.45, 2.75) is 27.7 Å². The van der Waals surface area contributed by atoms with E-state index < -0.39 is 0 Å². The van der Waals surface area contributed by atoms with Gasteiger partial charge in [0.05, 0.1) is 0 Å². The van der Waals surface area contributed by atoms with E-state index in [1.807, 2.05) is 0 Å². The smallest absolute Gasteiger partial charge is 0.147 e. The van der Waals surface area contributed by atoms with Gasteiger partial charge in [0, 0.05) is 0 Å². The molecule has 0 amide bonds. The van der Waals surface area contributed by atoms with Crippen LogP contribution in [0.25, 0.3) is 0 Å². The number of allylic oxidation sites excluding steroid dienone is 4. The average molecular weight is 315 g/mol. The molecule has 0 aliphatic heterocycles. The van der Waals surface area contributed by atoms with Crippen molar-refractivity contribution in [1.82, 2.24) is 0 Å². The van der Waals surface area contributed by atoms with Crippen LogP contribution in [0.5, 0.6) is 0 Å². The van der Waals surface area contributed by atoms with Crippen LogP contribution in [-0.4, -0.2) is 10.2 Å². The molecule has 1 aliphatic carbocycles. The molecule has 75 valence electrons. The van der Waals surface area contributed by atoms with Crippen LogP contribution < -0.4 is 0 Å². The summed E-state index contributed by atoms with van der Waals surface area (Å²) in [5.41, 5.74) is 3.60. The molecule has 1 aliphatic rings. The van der Waals surface area contributed by atoms with Gasteiger partial charge in [0.2, 0.25) is 0 Å². The Kier molecular flexibility index (Phi) is 6.76. The molecular formula is C9H17Cl2SiZr. The van der Waals surface area contributed by atoms with Gasteiger partial charge in [-0.3, -0.25) is 0 Å². The Morgan fingerprint density at radius 1 is 1.15 bits per heavy atom. The van der Waals surface area contributed by atoms with E-state index in [9.17, 15) is 0 Å². The van der Waals surface area contributed by atoms with Gasteiger partial charge in [-0.25, -0.2) is 0 Å².